The van der Waals surface area contributed by atoms with Gasteiger partial charge in [0.1, 0.15) is 17.2 Å². The molecular weight excluding hydrogens is 373 g/mol. The Morgan fingerprint density at radius 1 is 1.17 bits per heavy atom. The summed E-state index contributed by atoms with van der Waals surface area (Å²) >= 11 is 0. The van der Waals surface area contributed by atoms with Gasteiger partial charge in [0.25, 0.3) is 5.91 Å². The third-order valence-corrected chi connectivity index (χ3v) is 4.48. The van der Waals surface area contributed by atoms with Gasteiger partial charge in [0.2, 0.25) is 0 Å². The van der Waals surface area contributed by atoms with Crippen molar-refractivity contribution in [3.05, 3.63) is 77.7 Å². The van der Waals surface area contributed by atoms with Gasteiger partial charge >= 0.3 is 0 Å². The zero-order valence-electron chi connectivity index (χ0n) is 15.6. The van der Waals surface area contributed by atoms with Crippen LogP contribution in [0.15, 0.2) is 59.3 Å². The average molecular weight is 391 g/mol. The Balaban J connectivity index is 1.50. The molecule has 0 atom stereocenters. The molecule has 0 aliphatic heterocycles. The largest absolute Gasteiger partial charge is 0.451 e. The Kier molecular flexibility index (Phi) is 4.82. The summed E-state index contributed by atoms with van der Waals surface area (Å²) in [6.45, 7) is 2.13. The molecule has 0 saturated heterocycles. The molecule has 4 N–H and O–H groups in total. The van der Waals surface area contributed by atoms with Crippen molar-refractivity contribution in [2.24, 2.45) is 0 Å². The quantitative estimate of drug-likeness (QED) is 0.473. The van der Waals surface area contributed by atoms with Crippen LogP contribution in [0.25, 0.3) is 11.0 Å². The van der Waals surface area contributed by atoms with Crippen molar-refractivity contribution >= 4 is 34.1 Å². The zero-order chi connectivity index (χ0) is 20.4. The molecule has 0 aliphatic carbocycles. The predicted molar refractivity (Wildman–Crippen MR) is 109 cm³/mol. The Labute approximate surface area is 165 Å². The van der Waals surface area contributed by atoms with Gasteiger partial charge in [0.05, 0.1) is 17.9 Å². The molecule has 0 saturated carbocycles. The van der Waals surface area contributed by atoms with E-state index in [1.54, 1.807) is 37.5 Å². The Bertz CT molecular complexity index is 1200. The summed E-state index contributed by atoms with van der Waals surface area (Å²) in [6.07, 6.45) is 3.21. The Hall–Kier alpha value is -3.94. The van der Waals surface area contributed by atoms with Crippen LogP contribution in [0.3, 0.4) is 0 Å². The van der Waals surface area contributed by atoms with E-state index < -0.39 is 5.91 Å². The molecule has 4 aromatic rings. The zero-order valence-corrected chi connectivity index (χ0v) is 15.6. The monoisotopic (exact) mass is 391 g/mol. The van der Waals surface area contributed by atoms with Crippen molar-refractivity contribution in [2.45, 2.75) is 13.5 Å². The fourth-order valence-corrected chi connectivity index (χ4v) is 3.00. The summed E-state index contributed by atoms with van der Waals surface area (Å²) in [4.78, 5) is 21.0. The molecule has 0 radical (unpaired) electrons. The van der Waals surface area contributed by atoms with Crippen LogP contribution in [0.4, 0.5) is 21.6 Å². The highest BCUT2D eigenvalue weighted by Crippen LogP contribution is 2.26. The number of rotatable bonds is 5. The smallest absolute Gasteiger partial charge is 0.291 e. The number of carbonyl (C=O) groups excluding carboxylic acids is 1. The van der Waals surface area contributed by atoms with Crippen LogP contribution in [0.1, 0.15) is 21.8 Å². The lowest BCUT2D eigenvalue weighted by Crippen LogP contribution is -2.13. The Morgan fingerprint density at radius 2 is 2.03 bits per heavy atom. The number of nitrogens with zero attached hydrogens (tertiary/aromatic N) is 2. The van der Waals surface area contributed by atoms with E-state index in [1.807, 2.05) is 6.07 Å². The summed E-state index contributed by atoms with van der Waals surface area (Å²) in [5.41, 5.74) is 8.83. The maximum absolute atomic E-state index is 13.5. The minimum atomic E-state index is -0.416. The third-order valence-electron chi connectivity index (χ3n) is 4.48. The van der Waals surface area contributed by atoms with Crippen LogP contribution in [0.2, 0.25) is 0 Å². The SMILES string of the molecule is Cc1c(C(=O)Nc2ccnc(CNc3cccnc3N)c2)oc2ccc(F)cc12. The maximum Gasteiger partial charge on any atom is 0.291 e. The lowest BCUT2D eigenvalue weighted by molar-refractivity contribution is 0.0998. The summed E-state index contributed by atoms with van der Waals surface area (Å²) in [5.74, 6) is -0.256. The van der Waals surface area contributed by atoms with Gasteiger partial charge < -0.3 is 20.8 Å². The molecular formula is C21H18FN5O2. The summed E-state index contributed by atoms with van der Waals surface area (Å²) in [7, 11) is 0. The van der Waals surface area contributed by atoms with Crippen LogP contribution in [-0.4, -0.2) is 15.9 Å². The van der Waals surface area contributed by atoms with E-state index in [0.717, 1.165) is 0 Å². The van der Waals surface area contributed by atoms with Crippen molar-refractivity contribution in [2.75, 3.05) is 16.4 Å². The second kappa shape index (κ2) is 7.59. The predicted octanol–water partition coefficient (Wildman–Crippen LogP) is 4.12. The van der Waals surface area contributed by atoms with Crippen LogP contribution in [0, 0.1) is 12.7 Å². The maximum atomic E-state index is 13.5. The number of nitrogen functional groups attached to an aromatic ring is 1. The first-order chi connectivity index (χ1) is 14.0. The molecule has 3 heterocycles. The number of fused-ring (bicyclic) bond motifs is 1. The third kappa shape index (κ3) is 3.86. The van der Waals surface area contributed by atoms with Crippen LogP contribution in [-0.2, 0) is 6.54 Å². The molecule has 29 heavy (non-hydrogen) atoms. The fraction of sp³-hybridized carbons (Fsp3) is 0.0952. The highest BCUT2D eigenvalue weighted by atomic mass is 19.1. The van der Waals surface area contributed by atoms with Crippen molar-refractivity contribution in [1.82, 2.24) is 9.97 Å². The van der Waals surface area contributed by atoms with Gasteiger partial charge in [-0.15, -0.1) is 0 Å². The second-order valence-electron chi connectivity index (χ2n) is 6.48. The number of hydrogen-bond donors (Lipinski definition) is 3. The van der Waals surface area contributed by atoms with E-state index in [0.29, 0.717) is 46.0 Å². The number of halogens is 1. The molecule has 0 bridgehead atoms. The second-order valence-corrected chi connectivity index (χ2v) is 6.48. The topological polar surface area (TPSA) is 106 Å². The van der Waals surface area contributed by atoms with E-state index in [9.17, 15) is 9.18 Å². The lowest BCUT2D eigenvalue weighted by Gasteiger charge is -2.09. The molecule has 1 aromatic carbocycles. The standard InChI is InChI=1S/C21H18FN5O2/c1-12-16-9-13(22)4-5-18(16)29-19(12)21(28)27-14-6-8-24-15(10-14)11-26-17-3-2-7-25-20(17)23/h2-10,26H,11H2,1H3,(H2,23,25)(H,24,27,28). The van der Waals surface area contributed by atoms with Gasteiger partial charge in [-0.3, -0.25) is 9.78 Å². The molecule has 146 valence electrons. The summed E-state index contributed by atoms with van der Waals surface area (Å²) in [6, 6.07) is 11.2. The van der Waals surface area contributed by atoms with Crippen molar-refractivity contribution < 1.29 is 13.6 Å². The van der Waals surface area contributed by atoms with E-state index in [4.69, 9.17) is 10.2 Å². The number of amides is 1. The first-order valence-electron chi connectivity index (χ1n) is 8.90. The summed E-state index contributed by atoms with van der Waals surface area (Å²) < 4.78 is 19.1. The number of furan rings is 1. The molecule has 7 nitrogen and oxygen atoms in total. The van der Waals surface area contributed by atoms with Crippen molar-refractivity contribution in [1.29, 1.82) is 0 Å². The number of carbonyl (C=O) groups is 1. The minimum absolute atomic E-state index is 0.144. The molecule has 3 aromatic heterocycles. The number of nitrogens with one attached hydrogen (secondary N) is 2. The number of aryl methyl sites for hydroxylation is 1. The molecule has 0 fully saturated rings. The van der Waals surface area contributed by atoms with Gasteiger partial charge in [-0.05, 0) is 49.4 Å². The average Bonchev–Trinajstić information content (AvgIpc) is 3.04. The Morgan fingerprint density at radius 3 is 2.86 bits per heavy atom. The molecule has 0 unspecified atom stereocenters. The van der Waals surface area contributed by atoms with Gasteiger partial charge in [-0.25, -0.2) is 9.37 Å². The number of hydrogen-bond acceptors (Lipinski definition) is 6. The molecule has 0 spiro atoms. The minimum Gasteiger partial charge on any atom is -0.451 e. The fourth-order valence-electron chi connectivity index (χ4n) is 3.00. The van der Waals surface area contributed by atoms with E-state index >= 15 is 0 Å². The van der Waals surface area contributed by atoms with E-state index in [-0.39, 0.29) is 11.6 Å². The normalized spacial score (nSPS) is 10.8. The van der Waals surface area contributed by atoms with Crippen molar-refractivity contribution in [3.8, 4) is 0 Å². The van der Waals surface area contributed by atoms with Gasteiger partial charge in [-0.1, -0.05) is 0 Å². The molecule has 8 heteroatoms. The van der Waals surface area contributed by atoms with Gasteiger partial charge in [0, 0.05) is 29.0 Å². The van der Waals surface area contributed by atoms with E-state index in [1.165, 1.54) is 18.2 Å². The highest BCUT2D eigenvalue weighted by Gasteiger charge is 2.18. The lowest BCUT2D eigenvalue weighted by atomic mass is 10.1. The molecule has 0 aliphatic rings. The van der Waals surface area contributed by atoms with Gasteiger partial charge in [0.15, 0.2) is 5.76 Å². The molecule has 1 amide bonds. The molecule has 4 rings (SSSR count). The van der Waals surface area contributed by atoms with Crippen LogP contribution in [0.5, 0.6) is 0 Å². The van der Waals surface area contributed by atoms with E-state index in [2.05, 4.69) is 20.6 Å². The number of benzene rings is 1. The highest BCUT2D eigenvalue weighted by molar-refractivity contribution is 6.06. The number of pyridine rings is 2. The number of aromatic nitrogens is 2. The first kappa shape index (κ1) is 18.4. The summed E-state index contributed by atoms with van der Waals surface area (Å²) in [5, 5.41) is 6.52. The first-order valence-corrected chi connectivity index (χ1v) is 8.90. The number of anilines is 3. The van der Waals surface area contributed by atoms with Gasteiger partial charge in [-0.2, -0.15) is 0 Å². The van der Waals surface area contributed by atoms with Crippen LogP contribution >= 0.6 is 0 Å². The van der Waals surface area contributed by atoms with Crippen LogP contribution < -0.4 is 16.4 Å². The van der Waals surface area contributed by atoms with Crippen molar-refractivity contribution in [3.63, 3.8) is 0 Å². The number of nitrogens with two attached hydrogens (primary N) is 1.